The van der Waals surface area contributed by atoms with Gasteiger partial charge in [-0.25, -0.2) is 19.5 Å². The number of carboxylic acid groups (broad SMARTS) is 1. The van der Waals surface area contributed by atoms with E-state index in [0.29, 0.717) is 5.56 Å². The number of carbonyl (C=O) groups excluding carboxylic acids is 4. The number of amides is 4. The first-order valence-corrected chi connectivity index (χ1v) is 13.0. The van der Waals surface area contributed by atoms with E-state index in [-0.39, 0.29) is 28.8 Å². The number of urea groups is 1. The Hall–Kier alpha value is -4.58. The van der Waals surface area contributed by atoms with Crippen LogP contribution in [0.2, 0.25) is 0 Å². The number of imide groups is 1. The summed E-state index contributed by atoms with van der Waals surface area (Å²) >= 11 is 1.08. The minimum Gasteiger partial charge on any atom is -0.482 e. The van der Waals surface area contributed by atoms with Gasteiger partial charge in [-0.3, -0.25) is 14.4 Å². The van der Waals surface area contributed by atoms with Crippen molar-refractivity contribution in [2.24, 2.45) is 0 Å². The lowest BCUT2D eigenvalue weighted by Crippen LogP contribution is -2.50. The fourth-order valence-corrected chi connectivity index (χ4v) is 4.93. The van der Waals surface area contributed by atoms with E-state index >= 15 is 0 Å². The molecule has 1 aliphatic heterocycles. The van der Waals surface area contributed by atoms with Crippen LogP contribution in [0.1, 0.15) is 53.8 Å². The van der Waals surface area contributed by atoms with Crippen molar-refractivity contribution >= 4 is 46.1 Å². The van der Waals surface area contributed by atoms with Gasteiger partial charge in [0, 0.05) is 17.7 Å². The molecule has 4 rings (SSSR count). The highest BCUT2D eigenvalue weighted by atomic mass is 32.1. The Kier molecular flexibility index (Phi) is 8.35. The van der Waals surface area contributed by atoms with E-state index in [9.17, 15) is 24.0 Å². The second-order valence-electron chi connectivity index (χ2n) is 8.79. The highest BCUT2D eigenvalue weighted by Gasteiger charge is 2.47. The number of ketones is 1. The van der Waals surface area contributed by atoms with Gasteiger partial charge < -0.3 is 20.5 Å². The zero-order valence-electron chi connectivity index (χ0n) is 21.1. The average molecular weight is 551 g/mol. The van der Waals surface area contributed by atoms with Gasteiger partial charge in [-0.1, -0.05) is 56.3 Å². The minimum absolute atomic E-state index is 0.169. The number of anilines is 1. The molecule has 0 spiro atoms. The Labute approximate surface area is 227 Å². The molecule has 4 amide bonds. The SMILES string of the molecule is CCC(=O)c1csc(NC(=O)[C@H]([C@@H](C)c2ccccc2)N2C(=O)N[C@H](c3ccc(OCC(=O)O)cc3)C2=O)n1. The first-order chi connectivity index (χ1) is 18.7. The summed E-state index contributed by atoms with van der Waals surface area (Å²) < 4.78 is 5.12. The van der Waals surface area contributed by atoms with Crippen molar-refractivity contribution < 1.29 is 33.8 Å². The second-order valence-corrected chi connectivity index (χ2v) is 9.65. The topological polar surface area (TPSA) is 155 Å². The predicted molar refractivity (Wildman–Crippen MR) is 142 cm³/mol. The maximum absolute atomic E-state index is 13.6. The molecule has 0 radical (unpaired) electrons. The molecule has 1 saturated heterocycles. The third-order valence-electron chi connectivity index (χ3n) is 6.23. The molecule has 39 heavy (non-hydrogen) atoms. The van der Waals surface area contributed by atoms with Gasteiger partial charge in [-0.2, -0.15) is 0 Å². The Morgan fingerprint density at radius 2 is 1.82 bits per heavy atom. The average Bonchev–Trinajstić information content (AvgIpc) is 3.52. The van der Waals surface area contributed by atoms with E-state index in [1.165, 1.54) is 12.1 Å². The number of hydrogen-bond acceptors (Lipinski definition) is 8. The zero-order chi connectivity index (χ0) is 28.1. The Balaban J connectivity index is 1.61. The minimum atomic E-state index is -1.22. The smallest absolute Gasteiger partial charge is 0.341 e. The summed E-state index contributed by atoms with van der Waals surface area (Å²) in [5, 5.41) is 15.8. The van der Waals surface area contributed by atoms with Crippen molar-refractivity contribution in [1.82, 2.24) is 15.2 Å². The Morgan fingerprint density at radius 1 is 1.13 bits per heavy atom. The number of ether oxygens (including phenoxy) is 1. The number of thiazole rings is 1. The summed E-state index contributed by atoms with van der Waals surface area (Å²) in [4.78, 5) is 68.1. The lowest BCUT2D eigenvalue weighted by atomic mass is 9.91. The van der Waals surface area contributed by atoms with Crippen LogP contribution in [0.25, 0.3) is 0 Å². The van der Waals surface area contributed by atoms with E-state index in [4.69, 9.17) is 9.84 Å². The first-order valence-electron chi connectivity index (χ1n) is 12.1. The van der Waals surface area contributed by atoms with Gasteiger partial charge in [0.2, 0.25) is 5.91 Å². The number of nitrogens with one attached hydrogen (secondary N) is 2. The third-order valence-corrected chi connectivity index (χ3v) is 6.99. The summed E-state index contributed by atoms with van der Waals surface area (Å²) in [6.45, 7) is 2.94. The van der Waals surface area contributed by atoms with Crippen LogP contribution in [-0.2, 0) is 14.4 Å². The lowest BCUT2D eigenvalue weighted by Gasteiger charge is -2.29. The molecule has 3 N–H and O–H groups in total. The van der Waals surface area contributed by atoms with E-state index in [2.05, 4.69) is 15.6 Å². The van der Waals surface area contributed by atoms with Crippen LogP contribution in [0.15, 0.2) is 60.0 Å². The van der Waals surface area contributed by atoms with Crippen molar-refractivity contribution in [1.29, 1.82) is 0 Å². The Bertz CT molecular complexity index is 1390. The summed E-state index contributed by atoms with van der Waals surface area (Å²) in [6, 6.07) is 12.1. The van der Waals surface area contributed by atoms with Gasteiger partial charge in [0.1, 0.15) is 23.5 Å². The van der Waals surface area contributed by atoms with E-state index < -0.39 is 48.4 Å². The molecule has 0 unspecified atom stereocenters. The van der Waals surface area contributed by atoms with Crippen LogP contribution in [0.4, 0.5) is 9.93 Å². The summed E-state index contributed by atoms with van der Waals surface area (Å²) in [6.07, 6.45) is 0.265. The van der Waals surface area contributed by atoms with Crippen LogP contribution in [0, 0.1) is 0 Å². The molecule has 0 aliphatic carbocycles. The van der Waals surface area contributed by atoms with E-state index in [1.807, 2.05) is 6.07 Å². The maximum atomic E-state index is 13.6. The highest BCUT2D eigenvalue weighted by molar-refractivity contribution is 7.14. The number of rotatable bonds is 11. The lowest BCUT2D eigenvalue weighted by molar-refractivity contribution is -0.139. The van der Waals surface area contributed by atoms with Crippen LogP contribution >= 0.6 is 11.3 Å². The van der Waals surface area contributed by atoms with Gasteiger partial charge in [-0.05, 0) is 23.3 Å². The number of aliphatic carboxylic acids is 1. The zero-order valence-corrected chi connectivity index (χ0v) is 21.9. The monoisotopic (exact) mass is 550 g/mol. The molecule has 1 aliphatic rings. The fourth-order valence-electron chi connectivity index (χ4n) is 4.21. The van der Waals surface area contributed by atoms with Gasteiger partial charge in [-0.15, -0.1) is 11.3 Å². The van der Waals surface area contributed by atoms with Gasteiger partial charge in [0.15, 0.2) is 17.5 Å². The van der Waals surface area contributed by atoms with Crippen LogP contribution in [-0.4, -0.2) is 57.2 Å². The molecule has 11 nitrogen and oxygen atoms in total. The number of aromatic nitrogens is 1. The van der Waals surface area contributed by atoms with Crippen molar-refractivity contribution in [3.05, 3.63) is 76.8 Å². The molecule has 2 aromatic carbocycles. The summed E-state index contributed by atoms with van der Waals surface area (Å²) in [5.41, 5.74) is 1.41. The molecule has 3 atom stereocenters. The van der Waals surface area contributed by atoms with Crippen LogP contribution in [0.5, 0.6) is 5.75 Å². The molecule has 0 saturated carbocycles. The summed E-state index contributed by atoms with van der Waals surface area (Å²) in [5.74, 6) is -2.84. The van der Waals surface area contributed by atoms with E-state index in [1.54, 1.807) is 55.6 Å². The van der Waals surface area contributed by atoms with Gasteiger partial charge >= 0.3 is 12.0 Å². The first kappa shape index (κ1) is 27.5. The molecular formula is C27H26N4O7S. The number of hydrogen-bond donors (Lipinski definition) is 3. The van der Waals surface area contributed by atoms with Crippen LogP contribution < -0.4 is 15.4 Å². The van der Waals surface area contributed by atoms with Crippen LogP contribution in [0.3, 0.4) is 0 Å². The third kappa shape index (κ3) is 6.12. The number of nitrogens with zero attached hydrogens (tertiary/aromatic N) is 2. The standard InChI is InChI=1S/C27H26N4O7S/c1-3-20(32)19-14-39-26(28-19)30-24(35)23(15(2)16-7-5-4-6-8-16)31-25(36)22(29-27(31)37)17-9-11-18(12-10-17)38-13-21(33)34/h4-12,14-15,22-23H,3,13H2,1-2H3,(H,29,37)(H,33,34)(H,28,30,35)/t15-,22+,23-/m0/s1. The molecule has 1 aromatic heterocycles. The van der Waals surface area contributed by atoms with Gasteiger partial charge in [0.05, 0.1) is 0 Å². The van der Waals surface area contributed by atoms with Gasteiger partial charge in [0.25, 0.3) is 5.91 Å². The maximum Gasteiger partial charge on any atom is 0.341 e. The van der Waals surface area contributed by atoms with Crippen molar-refractivity contribution in [3.63, 3.8) is 0 Å². The number of benzene rings is 2. The van der Waals surface area contributed by atoms with Crippen molar-refractivity contribution in [3.8, 4) is 5.75 Å². The van der Waals surface area contributed by atoms with Crippen molar-refractivity contribution in [2.45, 2.75) is 38.3 Å². The van der Waals surface area contributed by atoms with Crippen molar-refractivity contribution in [2.75, 3.05) is 11.9 Å². The molecule has 0 bridgehead atoms. The number of Topliss-reactive ketones (excluding diaryl/α,β-unsaturated/α-hetero) is 1. The Morgan fingerprint density at radius 3 is 2.46 bits per heavy atom. The molecular weight excluding hydrogens is 524 g/mol. The molecule has 2 heterocycles. The highest BCUT2D eigenvalue weighted by Crippen LogP contribution is 2.32. The number of carboxylic acids is 1. The largest absolute Gasteiger partial charge is 0.482 e. The quantitative estimate of drug-likeness (QED) is 0.242. The summed E-state index contributed by atoms with van der Waals surface area (Å²) in [7, 11) is 0. The molecule has 12 heteroatoms. The second kappa shape index (κ2) is 11.9. The normalized spacial score (nSPS) is 16.4. The number of carbonyl (C=O) groups is 5. The molecule has 3 aromatic rings. The van der Waals surface area contributed by atoms with E-state index in [0.717, 1.165) is 21.8 Å². The molecule has 202 valence electrons. The predicted octanol–water partition coefficient (Wildman–Crippen LogP) is 3.60. The molecule has 1 fully saturated rings. The fraction of sp³-hybridized carbons (Fsp3) is 0.259.